The quantitative estimate of drug-likeness (QED) is 0.775. The van der Waals surface area contributed by atoms with Crippen LogP contribution in [-0.4, -0.2) is 23.9 Å². The summed E-state index contributed by atoms with van der Waals surface area (Å²) < 4.78 is 5.68. The molecule has 126 valence electrons. The Morgan fingerprint density at radius 3 is 2.54 bits per heavy atom. The van der Waals surface area contributed by atoms with Gasteiger partial charge in [-0.2, -0.15) is 0 Å². The molecule has 0 heterocycles. The number of hydrogen-bond acceptors (Lipinski definition) is 3. The molecule has 24 heavy (non-hydrogen) atoms. The Hall–Kier alpha value is -2.26. The van der Waals surface area contributed by atoms with Crippen molar-refractivity contribution in [3.8, 4) is 0 Å². The van der Waals surface area contributed by atoms with Gasteiger partial charge < -0.3 is 15.2 Å². The first-order valence-corrected chi connectivity index (χ1v) is 8.37. The highest BCUT2D eigenvalue weighted by Gasteiger charge is 2.16. The van der Waals surface area contributed by atoms with Crippen LogP contribution in [0.25, 0.3) is 11.8 Å². The number of fused-ring (bicyclic) bond motifs is 2. The van der Waals surface area contributed by atoms with Gasteiger partial charge >= 0.3 is 0 Å². The summed E-state index contributed by atoms with van der Waals surface area (Å²) in [5, 5.41) is 17.5. The van der Waals surface area contributed by atoms with Gasteiger partial charge in [-0.1, -0.05) is 30.3 Å². The van der Waals surface area contributed by atoms with Crippen LogP contribution in [0.15, 0.2) is 36.4 Å². The van der Waals surface area contributed by atoms with Crippen molar-refractivity contribution in [1.29, 1.82) is 0 Å². The average Bonchev–Trinajstić information content (AvgIpc) is 2.91. The molecular formula is C21H25NO2. The van der Waals surface area contributed by atoms with Gasteiger partial charge in [0.15, 0.2) is 0 Å². The molecule has 0 unspecified atom stereocenters. The number of hydrogen-bond donors (Lipinski definition) is 2. The Kier molecular flexibility index (Phi) is 4.37. The molecule has 0 aromatic heterocycles. The van der Waals surface area contributed by atoms with Gasteiger partial charge in [0, 0.05) is 16.3 Å². The number of aliphatic hydroxyl groups is 1. The molecule has 0 aliphatic heterocycles. The summed E-state index contributed by atoms with van der Waals surface area (Å²) >= 11 is 0. The van der Waals surface area contributed by atoms with E-state index in [1.807, 2.05) is 6.92 Å². The van der Waals surface area contributed by atoms with Crippen molar-refractivity contribution in [2.45, 2.75) is 33.2 Å². The van der Waals surface area contributed by atoms with Crippen molar-refractivity contribution in [3.63, 3.8) is 0 Å². The van der Waals surface area contributed by atoms with Gasteiger partial charge in [-0.05, 0) is 55.5 Å². The first-order valence-electron chi connectivity index (χ1n) is 8.37. The predicted molar refractivity (Wildman–Crippen MR) is 98.9 cm³/mol. The van der Waals surface area contributed by atoms with Gasteiger partial charge in [0.1, 0.15) is 12.4 Å². The van der Waals surface area contributed by atoms with E-state index in [0.29, 0.717) is 6.61 Å². The third-order valence-electron chi connectivity index (χ3n) is 4.09. The van der Waals surface area contributed by atoms with Gasteiger partial charge in [-0.3, -0.25) is 0 Å². The molecule has 1 aliphatic carbocycles. The molecule has 0 bridgehead atoms. The van der Waals surface area contributed by atoms with E-state index in [-0.39, 0.29) is 12.1 Å². The van der Waals surface area contributed by atoms with Crippen LogP contribution in [-0.2, 0) is 4.74 Å². The molecule has 0 saturated heterocycles. The standard InChI is InChI=1S/C21H25NO2/c1-14(24-12-11-23)16-9-10-18-17-8-6-5-7-15(17)13-19(18)20(16)22-21(2,3)4/h5-10,13,22-23H,11-12H2,1-4H3. The minimum absolute atomic E-state index is 0.0158. The van der Waals surface area contributed by atoms with Gasteiger partial charge in [-0.15, -0.1) is 0 Å². The molecule has 3 rings (SSSR count). The van der Waals surface area contributed by atoms with E-state index in [1.165, 1.54) is 21.2 Å². The van der Waals surface area contributed by atoms with Crippen LogP contribution >= 0.6 is 0 Å². The van der Waals surface area contributed by atoms with Crippen LogP contribution in [0.4, 0.5) is 5.69 Å². The highest BCUT2D eigenvalue weighted by molar-refractivity contribution is 5.72. The minimum atomic E-state index is -0.0657. The largest absolute Gasteiger partial charge is 0.495 e. The molecule has 3 heteroatoms. The zero-order chi connectivity index (χ0) is 17.3. The third-order valence-corrected chi connectivity index (χ3v) is 4.09. The first kappa shape index (κ1) is 16.6. The first-order chi connectivity index (χ1) is 11.4. The molecule has 2 aromatic rings. The van der Waals surface area contributed by atoms with E-state index in [9.17, 15) is 0 Å². The number of ether oxygens (including phenoxy) is 1. The molecule has 3 nitrogen and oxygen atoms in total. The smallest absolute Gasteiger partial charge is 0.111 e. The van der Waals surface area contributed by atoms with Crippen LogP contribution in [0, 0.1) is 10.4 Å². The number of rotatable bonds is 4. The van der Waals surface area contributed by atoms with Crippen molar-refractivity contribution < 1.29 is 9.84 Å². The second-order valence-corrected chi connectivity index (χ2v) is 7.18. The minimum Gasteiger partial charge on any atom is -0.495 e. The zero-order valence-corrected chi connectivity index (χ0v) is 14.8. The highest BCUT2D eigenvalue weighted by atomic mass is 16.5. The monoisotopic (exact) mass is 323 g/mol. The number of aliphatic hydroxyl groups excluding tert-OH is 1. The number of nitrogens with one attached hydrogen (secondary N) is 1. The second kappa shape index (κ2) is 6.33. The lowest BCUT2D eigenvalue weighted by atomic mass is 10.0. The Labute approximate surface area is 142 Å². The Bertz CT molecular complexity index is 968. The van der Waals surface area contributed by atoms with Crippen LogP contribution in [0.2, 0.25) is 0 Å². The van der Waals surface area contributed by atoms with Gasteiger partial charge in [-0.25, -0.2) is 0 Å². The van der Waals surface area contributed by atoms with Crippen molar-refractivity contribution in [3.05, 3.63) is 62.8 Å². The molecule has 0 spiro atoms. The van der Waals surface area contributed by atoms with E-state index in [0.717, 1.165) is 16.7 Å². The average molecular weight is 323 g/mol. The molecular weight excluding hydrogens is 298 g/mol. The molecule has 2 aromatic carbocycles. The Balaban J connectivity index is 2.32. The fourth-order valence-electron chi connectivity index (χ4n) is 3.11. The number of anilines is 1. The van der Waals surface area contributed by atoms with Gasteiger partial charge in [0.05, 0.1) is 12.3 Å². The maximum Gasteiger partial charge on any atom is 0.111 e. The summed E-state index contributed by atoms with van der Waals surface area (Å²) in [6.07, 6.45) is 2.24. The van der Waals surface area contributed by atoms with Crippen molar-refractivity contribution >= 4 is 17.5 Å². The predicted octanol–water partition coefficient (Wildman–Crippen LogP) is 2.46. The van der Waals surface area contributed by atoms with Crippen molar-refractivity contribution in [2.75, 3.05) is 18.5 Å². The summed E-state index contributed by atoms with van der Waals surface area (Å²) in [5.74, 6) is 0.822. The topological polar surface area (TPSA) is 41.5 Å². The van der Waals surface area contributed by atoms with Crippen LogP contribution in [0.1, 0.15) is 33.3 Å². The lowest BCUT2D eigenvalue weighted by Crippen LogP contribution is -2.31. The molecule has 0 amide bonds. The van der Waals surface area contributed by atoms with Crippen LogP contribution < -0.4 is 15.8 Å². The molecule has 0 radical (unpaired) electrons. The fraction of sp³-hybridized carbons (Fsp3) is 0.333. The molecule has 0 saturated carbocycles. The second-order valence-electron chi connectivity index (χ2n) is 7.18. The summed E-state index contributed by atoms with van der Waals surface area (Å²) in [6, 6.07) is 12.7. The maximum atomic E-state index is 9.03. The zero-order valence-electron chi connectivity index (χ0n) is 14.8. The van der Waals surface area contributed by atoms with Crippen LogP contribution in [0.3, 0.4) is 0 Å². The molecule has 0 fully saturated rings. The van der Waals surface area contributed by atoms with E-state index in [2.05, 4.69) is 68.6 Å². The van der Waals surface area contributed by atoms with E-state index in [1.54, 1.807) is 0 Å². The SMILES string of the molecule is CC(OCCO)=c1ccc2c(c1NC(C)(C)C)C=c1ccccc1=2. The lowest BCUT2D eigenvalue weighted by Gasteiger charge is -2.24. The Morgan fingerprint density at radius 2 is 1.83 bits per heavy atom. The lowest BCUT2D eigenvalue weighted by molar-refractivity contribution is 0.177. The van der Waals surface area contributed by atoms with E-state index < -0.39 is 0 Å². The summed E-state index contributed by atoms with van der Waals surface area (Å²) in [6.45, 7) is 8.74. The van der Waals surface area contributed by atoms with E-state index >= 15 is 0 Å². The fourth-order valence-corrected chi connectivity index (χ4v) is 3.11. The normalized spacial score (nSPS) is 13.7. The maximum absolute atomic E-state index is 9.03. The number of benzene rings is 2. The van der Waals surface area contributed by atoms with Gasteiger partial charge in [0.25, 0.3) is 0 Å². The molecule has 0 atom stereocenters. The van der Waals surface area contributed by atoms with Crippen LogP contribution in [0.5, 0.6) is 0 Å². The Morgan fingerprint density at radius 1 is 1.08 bits per heavy atom. The highest BCUT2D eigenvalue weighted by Crippen LogP contribution is 2.21. The molecule has 1 aliphatic rings. The molecule has 2 N–H and O–H groups in total. The summed E-state index contributed by atoms with van der Waals surface area (Å²) in [4.78, 5) is 0. The summed E-state index contributed by atoms with van der Waals surface area (Å²) in [7, 11) is 0. The third kappa shape index (κ3) is 3.17. The van der Waals surface area contributed by atoms with E-state index in [4.69, 9.17) is 9.84 Å². The van der Waals surface area contributed by atoms with Crippen molar-refractivity contribution in [2.24, 2.45) is 0 Å². The van der Waals surface area contributed by atoms with Gasteiger partial charge in [0.2, 0.25) is 0 Å². The van der Waals surface area contributed by atoms with Crippen molar-refractivity contribution in [1.82, 2.24) is 0 Å². The summed E-state index contributed by atoms with van der Waals surface area (Å²) in [5.41, 5.74) is 2.23.